The third kappa shape index (κ3) is 5.15. The van der Waals surface area contributed by atoms with Gasteiger partial charge in [-0.2, -0.15) is 0 Å². The van der Waals surface area contributed by atoms with Crippen LogP contribution in [0.2, 0.25) is 0 Å². The van der Waals surface area contributed by atoms with E-state index in [1.165, 1.54) is 36.9 Å². The highest BCUT2D eigenvalue weighted by Crippen LogP contribution is 2.44. The fraction of sp³-hybridized carbons (Fsp3) is 0.520. The molecule has 1 heterocycles. The van der Waals surface area contributed by atoms with Crippen molar-refractivity contribution in [2.24, 2.45) is 11.3 Å². The molecule has 3 nitrogen and oxygen atoms in total. The van der Waals surface area contributed by atoms with Crippen LogP contribution in [0.1, 0.15) is 37.8 Å². The van der Waals surface area contributed by atoms with Crippen LogP contribution < -0.4 is 10.1 Å². The van der Waals surface area contributed by atoms with Gasteiger partial charge in [-0.15, -0.1) is 0 Å². The molecule has 28 heavy (non-hydrogen) atoms. The molecule has 0 aromatic heterocycles. The molecule has 0 amide bonds. The summed E-state index contributed by atoms with van der Waals surface area (Å²) in [6, 6.07) is 20.1. The smallest absolute Gasteiger partial charge is 0.118 e. The van der Waals surface area contributed by atoms with Crippen molar-refractivity contribution in [3.05, 3.63) is 65.7 Å². The zero-order chi connectivity index (χ0) is 20.0. The second-order valence-corrected chi connectivity index (χ2v) is 8.69. The highest BCUT2D eigenvalue weighted by Gasteiger charge is 2.42. The number of rotatable bonds is 8. The van der Waals surface area contributed by atoms with Gasteiger partial charge in [-0.1, -0.05) is 49.4 Å². The molecule has 0 bridgehead atoms. The molecule has 0 aliphatic carbocycles. The van der Waals surface area contributed by atoms with Gasteiger partial charge in [0.1, 0.15) is 5.75 Å². The van der Waals surface area contributed by atoms with Gasteiger partial charge in [0.05, 0.1) is 7.11 Å². The number of methoxy groups -OCH3 is 1. The highest BCUT2D eigenvalue weighted by molar-refractivity contribution is 5.27. The molecule has 3 atom stereocenters. The van der Waals surface area contributed by atoms with Gasteiger partial charge in [-0.3, -0.25) is 0 Å². The van der Waals surface area contributed by atoms with E-state index in [9.17, 15) is 0 Å². The topological polar surface area (TPSA) is 24.5 Å². The first-order valence-corrected chi connectivity index (χ1v) is 10.6. The monoisotopic (exact) mass is 380 g/mol. The van der Waals surface area contributed by atoms with Crippen molar-refractivity contribution in [2.75, 3.05) is 27.2 Å². The molecule has 3 heteroatoms. The Balaban J connectivity index is 1.63. The first-order valence-electron chi connectivity index (χ1n) is 10.6. The second-order valence-electron chi connectivity index (χ2n) is 8.69. The fourth-order valence-electron chi connectivity index (χ4n) is 4.75. The van der Waals surface area contributed by atoms with Gasteiger partial charge < -0.3 is 15.0 Å². The molecule has 2 aromatic rings. The summed E-state index contributed by atoms with van der Waals surface area (Å²) in [4.78, 5) is 2.53. The molecule has 2 aromatic carbocycles. The van der Waals surface area contributed by atoms with E-state index < -0.39 is 0 Å². The van der Waals surface area contributed by atoms with Crippen LogP contribution in [0.5, 0.6) is 5.75 Å². The van der Waals surface area contributed by atoms with E-state index in [0.717, 1.165) is 18.8 Å². The Labute approximate surface area is 171 Å². The second kappa shape index (κ2) is 9.58. The number of piperidine rings is 1. The summed E-state index contributed by atoms with van der Waals surface area (Å²) in [5.41, 5.74) is 3.14. The zero-order valence-corrected chi connectivity index (χ0v) is 17.9. The van der Waals surface area contributed by atoms with Crippen molar-refractivity contribution < 1.29 is 4.74 Å². The minimum atomic E-state index is 0.361. The maximum atomic E-state index is 5.25. The number of benzene rings is 2. The zero-order valence-electron chi connectivity index (χ0n) is 17.9. The Hall–Kier alpha value is -1.84. The minimum Gasteiger partial charge on any atom is -0.497 e. The minimum absolute atomic E-state index is 0.361. The van der Waals surface area contributed by atoms with Gasteiger partial charge in [0.15, 0.2) is 0 Å². The predicted molar refractivity (Wildman–Crippen MR) is 118 cm³/mol. The summed E-state index contributed by atoms with van der Waals surface area (Å²) < 4.78 is 5.25. The third-order valence-electron chi connectivity index (χ3n) is 6.75. The Morgan fingerprint density at radius 2 is 1.75 bits per heavy atom. The summed E-state index contributed by atoms with van der Waals surface area (Å²) in [7, 11) is 3.98. The summed E-state index contributed by atoms with van der Waals surface area (Å²) in [6.07, 6.45) is 3.67. The summed E-state index contributed by atoms with van der Waals surface area (Å²) in [6.45, 7) is 7.99. The van der Waals surface area contributed by atoms with E-state index in [4.69, 9.17) is 4.74 Å². The van der Waals surface area contributed by atoms with E-state index >= 15 is 0 Å². The standard InChI is InChI=1S/C25H36N2O/c1-20-19-27(3)21(2)16-25(20,17-22-8-6-5-7-9-22)14-15-26-18-23-10-12-24(28-4)13-11-23/h5-13,20-21,26H,14-19H2,1-4H3/t20-,21-,25-/m0/s1. The largest absolute Gasteiger partial charge is 0.497 e. The van der Waals surface area contributed by atoms with Crippen LogP contribution in [0.25, 0.3) is 0 Å². The van der Waals surface area contributed by atoms with Gasteiger partial charge in [0, 0.05) is 19.1 Å². The van der Waals surface area contributed by atoms with Crippen molar-refractivity contribution >= 4 is 0 Å². The average molecular weight is 381 g/mol. The van der Waals surface area contributed by atoms with Crippen molar-refractivity contribution in [3.63, 3.8) is 0 Å². The molecule has 0 radical (unpaired) electrons. The number of ether oxygens (including phenoxy) is 1. The predicted octanol–water partition coefficient (Wildman–Crippen LogP) is 4.76. The highest BCUT2D eigenvalue weighted by atomic mass is 16.5. The van der Waals surface area contributed by atoms with E-state index in [1.807, 2.05) is 12.1 Å². The van der Waals surface area contributed by atoms with E-state index in [-0.39, 0.29) is 0 Å². The molecule has 1 fully saturated rings. The number of hydrogen-bond acceptors (Lipinski definition) is 3. The van der Waals surface area contributed by atoms with Gasteiger partial charge in [0.2, 0.25) is 0 Å². The van der Waals surface area contributed by atoms with Gasteiger partial charge in [0.25, 0.3) is 0 Å². The molecule has 0 saturated carbocycles. The molecule has 1 saturated heterocycles. The molecule has 152 valence electrons. The first kappa shape index (κ1) is 20.9. The van der Waals surface area contributed by atoms with Crippen LogP contribution in [0.4, 0.5) is 0 Å². The lowest BCUT2D eigenvalue weighted by Gasteiger charge is -2.49. The van der Waals surface area contributed by atoms with Crippen LogP contribution in [-0.4, -0.2) is 38.2 Å². The normalized spacial score (nSPS) is 25.6. The number of hydrogen-bond donors (Lipinski definition) is 1. The Kier molecular flexibility index (Phi) is 7.14. The maximum Gasteiger partial charge on any atom is 0.118 e. The summed E-state index contributed by atoms with van der Waals surface area (Å²) in [5.74, 6) is 1.61. The van der Waals surface area contributed by atoms with Gasteiger partial charge in [-0.25, -0.2) is 0 Å². The van der Waals surface area contributed by atoms with Crippen LogP contribution in [0.15, 0.2) is 54.6 Å². The van der Waals surface area contributed by atoms with Crippen molar-refractivity contribution in [1.82, 2.24) is 10.2 Å². The van der Waals surface area contributed by atoms with Crippen LogP contribution in [-0.2, 0) is 13.0 Å². The van der Waals surface area contributed by atoms with Crippen molar-refractivity contribution in [1.29, 1.82) is 0 Å². The van der Waals surface area contributed by atoms with Gasteiger partial charge in [-0.05, 0) is 74.4 Å². The maximum absolute atomic E-state index is 5.25. The molecule has 1 aliphatic rings. The Morgan fingerprint density at radius 1 is 1.04 bits per heavy atom. The summed E-state index contributed by atoms with van der Waals surface area (Å²) >= 11 is 0. The van der Waals surface area contributed by atoms with Crippen molar-refractivity contribution in [2.45, 2.75) is 45.7 Å². The molecular weight excluding hydrogens is 344 g/mol. The lowest BCUT2D eigenvalue weighted by Crippen LogP contribution is -2.51. The first-order chi connectivity index (χ1) is 13.5. The average Bonchev–Trinajstić information content (AvgIpc) is 2.71. The molecule has 3 rings (SSSR count). The third-order valence-corrected chi connectivity index (χ3v) is 6.75. The van der Waals surface area contributed by atoms with E-state index in [1.54, 1.807) is 7.11 Å². The molecule has 1 N–H and O–H groups in total. The number of likely N-dealkylation sites (tertiary alicyclic amines) is 1. The van der Waals surface area contributed by atoms with Crippen LogP contribution in [0.3, 0.4) is 0 Å². The Morgan fingerprint density at radius 3 is 2.43 bits per heavy atom. The van der Waals surface area contributed by atoms with Crippen molar-refractivity contribution in [3.8, 4) is 5.75 Å². The lowest BCUT2D eigenvalue weighted by atomic mass is 9.63. The van der Waals surface area contributed by atoms with Crippen LogP contribution >= 0.6 is 0 Å². The quantitative estimate of drug-likeness (QED) is 0.668. The molecular formula is C25H36N2O. The lowest BCUT2D eigenvalue weighted by molar-refractivity contribution is 0.0132. The Bertz CT molecular complexity index is 715. The SMILES string of the molecule is COc1ccc(CNCC[C@@]2(Cc3ccccc3)C[C@H](C)N(C)C[C@@H]2C)cc1. The van der Waals surface area contributed by atoms with Gasteiger partial charge >= 0.3 is 0 Å². The molecule has 0 spiro atoms. The number of nitrogens with one attached hydrogen (secondary N) is 1. The van der Waals surface area contributed by atoms with Crippen LogP contribution in [0, 0.1) is 11.3 Å². The number of nitrogens with zero attached hydrogens (tertiary/aromatic N) is 1. The fourth-order valence-corrected chi connectivity index (χ4v) is 4.75. The van der Waals surface area contributed by atoms with E-state index in [2.05, 4.69) is 73.6 Å². The molecule has 1 aliphatic heterocycles. The summed E-state index contributed by atoms with van der Waals surface area (Å²) in [5, 5.41) is 3.69. The van der Waals surface area contributed by atoms with E-state index in [0.29, 0.717) is 17.4 Å². The molecule has 0 unspecified atom stereocenters.